The summed E-state index contributed by atoms with van der Waals surface area (Å²) in [4.78, 5) is 8.26. The van der Waals surface area contributed by atoms with Crippen LogP contribution in [0.15, 0.2) is 42.0 Å². The summed E-state index contributed by atoms with van der Waals surface area (Å²) in [7, 11) is 0. The normalized spacial score (nSPS) is 15.1. The van der Waals surface area contributed by atoms with Crippen LogP contribution in [0.2, 0.25) is 0 Å². The van der Waals surface area contributed by atoms with Gasteiger partial charge in [-0.1, -0.05) is 18.2 Å². The van der Waals surface area contributed by atoms with E-state index in [0.29, 0.717) is 6.04 Å². The Bertz CT molecular complexity index is 728. The molecule has 5 heteroatoms. The van der Waals surface area contributed by atoms with Gasteiger partial charge < -0.3 is 5.73 Å². The van der Waals surface area contributed by atoms with Crippen LogP contribution in [0.5, 0.6) is 0 Å². The number of rotatable bonds is 5. The third-order valence-electron chi connectivity index (χ3n) is 4.00. The fourth-order valence-corrected chi connectivity index (χ4v) is 3.43. The molecule has 1 saturated carbocycles. The molecule has 3 aromatic rings. The zero-order valence-corrected chi connectivity index (χ0v) is 12.6. The average molecular weight is 298 g/mol. The fourth-order valence-electron chi connectivity index (χ4n) is 2.71. The van der Waals surface area contributed by atoms with Crippen molar-refractivity contribution in [2.24, 2.45) is 0 Å². The number of para-hydroxylation sites is 1. The SMILES string of the molecule is Nc1ccccc1CN(Cc1cn2ccsc2n1)C1CC1. The van der Waals surface area contributed by atoms with Crippen molar-refractivity contribution < 1.29 is 0 Å². The summed E-state index contributed by atoms with van der Waals surface area (Å²) >= 11 is 1.68. The van der Waals surface area contributed by atoms with E-state index in [2.05, 4.69) is 39.2 Å². The molecule has 0 spiro atoms. The van der Waals surface area contributed by atoms with Crippen LogP contribution in [0.25, 0.3) is 4.96 Å². The van der Waals surface area contributed by atoms with Crippen LogP contribution >= 0.6 is 11.3 Å². The highest BCUT2D eigenvalue weighted by atomic mass is 32.1. The van der Waals surface area contributed by atoms with E-state index >= 15 is 0 Å². The molecule has 0 radical (unpaired) electrons. The van der Waals surface area contributed by atoms with Gasteiger partial charge in [-0.25, -0.2) is 4.98 Å². The van der Waals surface area contributed by atoms with Crippen molar-refractivity contribution in [1.29, 1.82) is 0 Å². The van der Waals surface area contributed by atoms with Gasteiger partial charge in [0, 0.05) is 42.6 Å². The van der Waals surface area contributed by atoms with E-state index in [1.54, 1.807) is 11.3 Å². The summed E-state index contributed by atoms with van der Waals surface area (Å²) in [5, 5.41) is 2.06. The lowest BCUT2D eigenvalue weighted by molar-refractivity contribution is 0.243. The van der Waals surface area contributed by atoms with Gasteiger partial charge in [0.1, 0.15) is 0 Å². The maximum absolute atomic E-state index is 6.08. The van der Waals surface area contributed by atoms with Crippen LogP contribution in [-0.2, 0) is 13.1 Å². The minimum atomic E-state index is 0.685. The van der Waals surface area contributed by atoms with Gasteiger partial charge in [-0.2, -0.15) is 0 Å². The van der Waals surface area contributed by atoms with E-state index in [-0.39, 0.29) is 0 Å². The van der Waals surface area contributed by atoms with E-state index in [1.165, 1.54) is 18.4 Å². The maximum atomic E-state index is 6.08. The third kappa shape index (κ3) is 2.66. The first-order valence-electron chi connectivity index (χ1n) is 7.28. The molecule has 0 unspecified atom stereocenters. The van der Waals surface area contributed by atoms with Crippen molar-refractivity contribution in [3.05, 3.63) is 53.3 Å². The molecule has 1 aromatic carbocycles. The summed E-state index contributed by atoms with van der Waals surface area (Å²) in [5.74, 6) is 0. The number of hydrogen-bond donors (Lipinski definition) is 1. The monoisotopic (exact) mass is 298 g/mol. The summed E-state index contributed by atoms with van der Waals surface area (Å²) in [5.41, 5.74) is 9.32. The molecule has 0 bridgehead atoms. The molecule has 1 aliphatic carbocycles. The molecule has 2 heterocycles. The lowest BCUT2D eigenvalue weighted by Crippen LogP contribution is -2.25. The molecule has 2 N–H and O–H groups in total. The van der Waals surface area contributed by atoms with E-state index in [1.807, 2.05) is 12.1 Å². The summed E-state index contributed by atoms with van der Waals surface area (Å²) in [6.07, 6.45) is 6.77. The number of nitrogens with zero attached hydrogens (tertiary/aromatic N) is 3. The molecule has 1 fully saturated rings. The Hall–Kier alpha value is -1.85. The van der Waals surface area contributed by atoms with Gasteiger partial charge in [0.05, 0.1) is 5.69 Å². The molecule has 0 saturated heterocycles. The van der Waals surface area contributed by atoms with Crippen molar-refractivity contribution in [1.82, 2.24) is 14.3 Å². The van der Waals surface area contributed by atoms with Gasteiger partial charge in [-0.15, -0.1) is 11.3 Å². The van der Waals surface area contributed by atoms with Gasteiger partial charge in [0.25, 0.3) is 0 Å². The Morgan fingerprint density at radius 3 is 2.90 bits per heavy atom. The number of imidazole rings is 1. The smallest absolute Gasteiger partial charge is 0.193 e. The quantitative estimate of drug-likeness (QED) is 0.736. The molecule has 4 nitrogen and oxygen atoms in total. The van der Waals surface area contributed by atoms with Gasteiger partial charge in [0.15, 0.2) is 4.96 Å². The number of benzene rings is 1. The second kappa shape index (κ2) is 5.16. The van der Waals surface area contributed by atoms with Crippen LogP contribution in [0.1, 0.15) is 24.1 Å². The predicted octanol–water partition coefficient (Wildman–Crippen LogP) is 3.14. The first-order valence-corrected chi connectivity index (χ1v) is 8.16. The van der Waals surface area contributed by atoms with Crippen LogP contribution in [-0.4, -0.2) is 20.3 Å². The van der Waals surface area contributed by atoms with Crippen molar-refractivity contribution in [2.45, 2.75) is 32.0 Å². The minimum absolute atomic E-state index is 0.685. The van der Waals surface area contributed by atoms with Crippen LogP contribution < -0.4 is 5.73 Å². The number of hydrogen-bond acceptors (Lipinski definition) is 4. The molecule has 2 aromatic heterocycles. The minimum Gasteiger partial charge on any atom is -0.398 e. The zero-order valence-electron chi connectivity index (χ0n) is 11.8. The van der Waals surface area contributed by atoms with Crippen molar-refractivity contribution >= 4 is 22.0 Å². The molecule has 0 atom stereocenters. The van der Waals surface area contributed by atoms with Crippen LogP contribution in [0.4, 0.5) is 5.69 Å². The predicted molar refractivity (Wildman–Crippen MR) is 86.2 cm³/mol. The van der Waals surface area contributed by atoms with E-state index < -0.39 is 0 Å². The van der Waals surface area contributed by atoms with Crippen molar-refractivity contribution in [3.63, 3.8) is 0 Å². The van der Waals surface area contributed by atoms with Crippen molar-refractivity contribution in [3.8, 4) is 0 Å². The summed E-state index contributed by atoms with van der Waals surface area (Å²) in [6.45, 7) is 1.80. The molecule has 0 aliphatic heterocycles. The largest absolute Gasteiger partial charge is 0.398 e. The lowest BCUT2D eigenvalue weighted by Gasteiger charge is -2.21. The second-order valence-corrected chi connectivity index (χ2v) is 6.53. The zero-order chi connectivity index (χ0) is 14.2. The Morgan fingerprint density at radius 2 is 2.14 bits per heavy atom. The van der Waals surface area contributed by atoms with Crippen molar-refractivity contribution in [2.75, 3.05) is 5.73 Å². The molecular formula is C16H18N4S. The summed E-state index contributed by atoms with van der Waals surface area (Å²) in [6, 6.07) is 8.83. The number of nitrogens with two attached hydrogens (primary N) is 1. The first-order chi connectivity index (χ1) is 10.3. The number of nitrogen functional groups attached to an aromatic ring is 1. The Balaban J connectivity index is 1.54. The molecule has 21 heavy (non-hydrogen) atoms. The highest BCUT2D eigenvalue weighted by molar-refractivity contribution is 7.15. The average Bonchev–Trinajstić information content (AvgIpc) is 3.11. The fraction of sp³-hybridized carbons (Fsp3) is 0.312. The Morgan fingerprint density at radius 1 is 1.29 bits per heavy atom. The van der Waals surface area contributed by atoms with Crippen LogP contribution in [0.3, 0.4) is 0 Å². The summed E-state index contributed by atoms with van der Waals surface area (Å²) < 4.78 is 2.10. The number of fused-ring (bicyclic) bond motifs is 1. The maximum Gasteiger partial charge on any atom is 0.193 e. The topological polar surface area (TPSA) is 46.6 Å². The van der Waals surface area contributed by atoms with E-state index in [4.69, 9.17) is 10.7 Å². The first kappa shape index (κ1) is 12.9. The Labute approximate surface area is 127 Å². The van der Waals surface area contributed by atoms with E-state index in [9.17, 15) is 0 Å². The molecule has 4 rings (SSSR count). The van der Waals surface area contributed by atoms with Crippen LogP contribution in [0, 0.1) is 0 Å². The second-order valence-electron chi connectivity index (χ2n) is 5.66. The molecule has 0 amide bonds. The van der Waals surface area contributed by atoms with E-state index in [0.717, 1.165) is 29.4 Å². The number of thiazole rings is 1. The Kier molecular flexibility index (Phi) is 3.16. The molecular weight excluding hydrogens is 280 g/mol. The number of anilines is 1. The highest BCUT2D eigenvalue weighted by Crippen LogP contribution is 2.30. The molecule has 1 aliphatic rings. The van der Waals surface area contributed by atoms with Gasteiger partial charge >= 0.3 is 0 Å². The number of aromatic nitrogens is 2. The molecule has 108 valence electrons. The highest BCUT2D eigenvalue weighted by Gasteiger charge is 2.29. The lowest BCUT2D eigenvalue weighted by atomic mass is 10.1. The van der Waals surface area contributed by atoms with Gasteiger partial charge in [0.2, 0.25) is 0 Å². The van der Waals surface area contributed by atoms with Gasteiger partial charge in [-0.05, 0) is 24.5 Å². The van der Waals surface area contributed by atoms with Gasteiger partial charge in [-0.3, -0.25) is 9.30 Å². The standard InChI is InChI=1S/C16H18N4S/c17-15-4-2-1-3-12(15)9-20(14-5-6-14)11-13-10-19-7-8-21-16(19)18-13/h1-4,7-8,10,14H,5-6,9,11,17H2. The third-order valence-corrected chi connectivity index (χ3v) is 4.77.